The third-order valence-electron chi connectivity index (χ3n) is 3.88. The lowest BCUT2D eigenvalue weighted by Crippen LogP contribution is -2.28. The van der Waals surface area contributed by atoms with Gasteiger partial charge in [-0.25, -0.2) is 4.79 Å². The van der Waals surface area contributed by atoms with Crippen LogP contribution in [0.1, 0.15) is 32.6 Å². The molecule has 0 aliphatic carbocycles. The van der Waals surface area contributed by atoms with E-state index < -0.39 is 5.97 Å². The van der Waals surface area contributed by atoms with Crippen molar-refractivity contribution in [3.8, 4) is 0 Å². The largest absolute Gasteiger partial charge is 0.451 e. The molecule has 2 rings (SSSR count). The molecule has 134 valence electrons. The second-order valence-corrected chi connectivity index (χ2v) is 7.22. The van der Waals surface area contributed by atoms with Gasteiger partial charge in [0.2, 0.25) is 0 Å². The summed E-state index contributed by atoms with van der Waals surface area (Å²) in [6.45, 7) is 4.16. The Labute approximate surface area is 152 Å². The zero-order chi connectivity index (χ0) is 18.4. The van der Waals surface area contributed by atoms with Gasteiger partial charge >= 0.3 is 5.97 Å². The van der Waals surface area contributed by atoms with E-state index in [2.05, 4.69) is 5.32 Å². The Kier molecular flexibility index (Phi) is 6.58. The van der Waals surface area contributed by atoms with Crippen molar-refractivity contribution in [3.63, 3.8) is 0 Å². The van der Waals surface area contributed by atoms with E-state index in [9.17, 15) is 9.59 Å². The van der Waals surface area contributed by atoms with Crippen LogP contribution in [0.4, 0.5) is 5.69 Å². The summed E-state index contributed by atoms with van der Waals surface area (Å²) in [7, 11) is 3.95. The lowest BCUT2D eigenvalue weighted by Gasteiger charge is -2.13. The minimum atomic E-state index is -0.446. The van der Waals surface area contributed by atoms with Gasteiger partial charge in [-0.2, -0.15) is 0 Å². The summed E-state index contributed by atoms with van der Waals surface area (Å²) in [5.41, 5.74) is 3.23. The number of amides is 1. The molecule has 25 heavy (non-hydrogen) atoms. The molecule has 0 atom stereocenters. The Bertz CT molecular complexity index is 736. The van der Waals surface area contributed by atoms with Gasteiger partial charge in [0.25, 0.3) is 5.91 Å². The Morgan fingerprint density at radius 2 is 1.88 bits per heavy atom. The van der Waals surface area contributed by atoms with Crippen molar-refractivity contribution < 1.29 is 14.3 Å². The van der Waals surface area contributed by atoms with Crippen molar-refractivity contribution in [1.29, 1.82) is 0 Å². The normalized spacial score (nSPS) is 10.4. The molecule has 1 heterocycles. The molecule has 0 spiro atoms. The monoisotopic (exact) mass is 360 g/mol. The minimum Gasteiger partial charge on any atom is -0.451 e. The average Bonchev–Trinajstić information content (AvgIpc) is 2.99. The van der Waals surface area contributed by atoms with Crippen molar-refractivity contribution in [2.75, 3.05) is 25.6 Å². The van der Waals surface area contributed by atoms with E-state index >= 15 is 0 Å². The predicted octanol–water partition coefficient (Wildman–Crippen LogP) is 3.16. The minimum absolute atomic E-state index is 0.271. The number of rotatable bonds is 7. The van der Waals surface area contributed by atoms with Crippen LogP contribution < -0.4 is 10.2 Å². The van der Waals surface area contributed by atoms with Crippen LogP contribution in [0.15, 0.2) is 30.3 Å². The molecule has 0 saturated carbocycles. The molecule has 0 bridgehead atoms. The highest BCUT2D eigenvalue weighted by Crippen LogP contribution is 2.22. The summed E-state index contributed by atoms with van der Waals surface area (Å²) in [4.78, 5) is 27.5. The first-order valence-electron chi connectivity index (χ1n) is 8.20. The summed E-state index contributed by atoms with van der Waals surface area (Å²) < 4.78 is 5.09. The first-order valence-corrected chi connectivity index (χ1v) is 9.01. The van der Waals surface area contributed by atoms with Crippen molar-refractivity contribution in [1.82, 2.24) is 5.32 Å². The number of carbonyl (C=O) groups excluding carboxylic acids is 2. The fraction of sp³-hybridized carbons (Fsp3) is 0.368. The second kappa shape index (κ2) is 8.67. The lowest BCUT2D eigenvalue weighted by atomic mass is 10.2. The summed E-state index contributed by atoms with van der Waals surface area (Å²) in [6.07, 6.45) is 0.878. The molecule has 0 aliphatic heterocycles. The number of hydrogen-bond donors (Lipinski definition) is 1. The fourth-order valence-corrected chi connectivity index (χ4v) is 3.34. The van der Waals surface area contributed by atoms with E-state index in [1.165, 1.54) is 11.3 Å². The number of hydrogen-bond acceptors (Lipinski definition) is 5. The van der Waals surface area contributed by atoms with Gasteiger partial charge in [-0.15, -0.1) is 11.3 Å². The van der Waals surface area contributed by atoms with Crippen molar-refractivity contribution in [3.05, 3.63) is 51.2 Å². The zero-order valence-electron chi connectivity index (χ0n) is 15.1. The number of benzene rings is 1. The highest BCUT2D eigenvalue weighted by molar-refractivity contribution is 7.14. The van der Waals surface area contributed by atoms with Gasteiger partial charge in [-0.05, 0) is 42.7 Å². The summed E-state index contributed by atoms with van der Waals surface area (Å²) in [5, 5.41) is 2.76. The highest BCUT2D eigenvalue weighted by Gasteiger charge is 2.14. The summed E-state index contributed by atoms with van der Waals surface area (Å²) >= 11 is 1.40. The first-order chi connectivity index (χ1) is 11.9. The summed E-state index contributed by atoms with van der Waals surface area (Å²) in [5.74, 6) is -0.757. The van der Waals surface area contributed by atoms with Gasteiger partial charge in [0.15, 0.2) is 6.61 Å². The Morgan fingerprint density at radius 1 is 1.20 bits per heavy atom. The van der Waals surface area contributed by atoms with E-state index in [0.29, 0.717) is 11.4 Å². The van der Waals surface area contributed by atoms with Crippen molar-refractivity contribution in [2.24, 2.45) is 0 Å². The Morgan fingerprint density at radius 3 is 2.44 bits per heavy atom. The maximum absolute atomic E-state index is 12.0. The van der Waals surface area contributed by atoms with E-state index in [4.69, 9.17) is 4.74 Å². The molecule has 6 heteroatoms. The van der Waals surface area contributed by atoms with Crippen LogP contribution in [-0.4, -0.2) is 32.6 Å². The molecule has 0 fully saturated rings. The SMILES string of the molecule is CCc1cc(C(=O)OCC(=O)NCc2ccc(N(C)C)cc2)sc1C. The molecule has 1 amide bonds. The number of nitrogens with zero attached hydrogens (tertiary/aromatic N) is 1. The van der Waals surface area contributed by atoms with E-state index in [-0.39, 0.29) is 12.5 Å². The number of anilines is 1. The smallest absolute Gasteiger partial charge is 0.348 e. The molecular weight excluding hydrogens is 336 g/mol. The topological polar surface area (TPSA) is 58.6 Å². The van der Waals surface area contributed by atoms with Gasteiger partial charge in [0.05, 0.1) is 0 Å². The van der Waals surface area contributed by atoms with Gasteiger partial charge in [-0.3, -0.25) is 4.79 Å². The van der Waals surface area contributed by atoms with Crippen LogP contribution in [0, 0.1) is 6.92 Å². The van der Waals surface area contributed by atoms with Crippen LogP contribution in [0.5, 0.6) is 0 Å². The molecule has 0 saturated heterocycles. The average molecular weight is 360 g/mol. The molecule has 1 aromatic heterocycles. The van der Waals surface area contributed by atoms with Crippen LogP contribution in [-0.2, 0) is 22.5 Å². The molecule has 5 nitrogen and oxygen atoms in total. The van der Waals surface area contributed by atoms with Gasteiger partial charge in [-0.1, -0.05) is 19.1 Å². The molecular formula is C19H24N2O3S. The molecule has 2 aromatic rings. The van der Waals surface area contributed by atoms with Crippen molar-refractivity contribution >= 4 is 28.9 Å². The molecule has 0 aliphatic rings. The van der Waals surface area contributed by atoms with Crippen LogP contribution in [0.25, 0.3) is 0 Å². The number of ether oxygens (including phenoxy) is 1. The molecule has 0 unspecified atom stereocenters. The quantitative estimate of drug-likeness (QED) is 0.771. The first kappa shape index (κ1) is 19.0. The Balaban J connectivity index is 1.79. The predicted molar refractivity (Wildman–Crippen MR) is 101 cm³/mol. The number of aryl methyl sites for hydroxylation is 2. The van der Waals surface area contributed by atoms with Crippen molar-refractivity contribution in [2.45, 2.75) is 26.8 Å². The number of thiophene rings is 1. The zero-order valence-corrected chi connectivity index (χ0v) is 15.9. The van der Waals surface area contributed by atoms with Gasteiger partial charge < -0.3 is 15.0 Å². The van der Waals surface area contributed by atoms with E-state index in [1.807, 2.05) is 63.2 Å². The number of carbonyl (C=O) groups is 2. The maximum Gasteiger partial charge on any atom is 0.348 e. The van der Waals surface area contributed by atoms with Gasteiger partial charge in [0.1, 0.15) is 4.88 Å². The third kappa shape index (κ3) is 5.32. The lowest BCUT2D eigenvalue weighted by molar-refractivity contribution is -0.124. The van der Waals surface area contributed by atoms with Gasteiger partial charge in [0, 0.05) is 31.2 Å². The maximum atomic E-state index is 12.0. The second-order valence-electron chi connectivity index (χ2n) is 5.96. The summed E-state index contributed by atoms with van der Waals surface area (Å²) in [6, 6.07) is 9.75. The third-order valence-corrected chi connectivity index (χ3v) is 4.95. The highest BCUT2D eigenvalue weighted by atomic mass is 32.1. The van der Waals surface area contributed by atoms with Crippen LogP contribution in [0.2, 0.25) is 0 Å². The molecule has 1 aromatic carbocycles. The fourth-order valence-electron chi connectivity index (χ4n) is 2.34. The number of esters is 1. The van der Waals surface area contributed by atoms with Crippen LogP contribution >= 0.6 is 11.3 Å². The molecule has 1 N–H and O–H groups in total. The standard InChI is InChI=1S/C19H24N2O3S/c1-5-15-10-17(25-13(15)2)19(23)24-12-18(22)20-11-14-6-8-16(9-7-14)21(3)4/h6-10H,5,11-12H2,1-4H3,(H,20,22). The van der Waals surface area contributed by atoms with E-state index in [0.717, 1.165) is 28.1 Å². The van der Waals surface area contributed by atoms with E-state index in [1.54, 1.807) is 0 Å². The Hall–Kier alpha value is -2.34. The molecule has 0 radical (unpaired) electrons. The van der Waals surface area contributed by atoms with Crippen LogP contribution in [0.3, 0.4) is 0 Å². The number of nitrogens with one attached hydrogen (secondary N) is 1.